The molecule has 0 bridgehead atoms. The average Bonchev–Trinajstić information content (AvgIpc) is 3.11. The highest BCUT2D eigenvalue weighted by Gasteiger charge is 2.29. The molecular weight excluding hydrogens is 407 g/mol. The van der Waals surface area contributed by atoms with E-state index in [1.54, 1.807) is 42.5 Å². The summed E-state index contributed by atoms with van der Waals surface area (Å²) in [5.41, 5.74) is 3.11. The van der Waals surface area contributed by atoms with Gasteiger partial charge in [0.15, 0.2) is 17.5 Å². The van der Waals surface area contributed by atoms with Crippen molar-refractivity contribution in [3.05, 3.63) is 77.1 Å². The van der Waals surface area contributed by atoms with E-state index in [9.17, 15) is 18.0 Å². The van der Waals surface area contributed by atoms with Crippen molar-refractivity contribution in [2.75, 3.05) is 6.54 Å². The Morgan fingerprint density at radius 2 is 1.84 bits per heavy atom. The molecule has 0 radical (unpaired) electrons. The molecule has 0 aliphatic carbocycles. The summed E-state index contributed by atoms with van der Waals surface area (Å²) in [5, 5.41) is 5.12. The van der Waals surface area contributed by atoms with E-state index in [1.165, 1.54) is 4.68 Å². The van der Waals surface area contributed by atoms with Gasteiger partial charge < -0.3 is 4.90 Å². The molecule has 156 valence electrons. The lowest BCUT2D eigenvalue weighted by Gasteiger charge is -2.26. The van der Waals surface area contributed by atoms with Crippen LogP contribution in [0.1, 0.15) is 21.7 Å². The molecular formula is C22H16F3N5O. The van der Waals surface area contributed by atoms with Crippen LogP contribution in [0, 0.1) is 17.5 Å². The lowest BCUT2D eigenvalue weighted by molar-refractivity contribution is 0.0728. The Labute approximate surface area is 175 Å². The predicted octanol–water partition coefficient (Wildman–Crippen LogP) is 3.65. The summed E-state index contributed by atoms with van der Waals surface area (Å²) in [6, 6.07) is 7.21. The molecule has 4 aromatic rings. The van der Waals surface area contributed by atoms with Gasteiger partial charge in [-0.2, -0.15) is 5.10 Å². The molecule has 0 N–H and O–H groups in total. The standard InChI is InChI=1S/C22H16F3N5O/c1-29-21(12-9-15(23)19(25)16(24)10-12)14-5-8-30(11-18(14)28-29)22(31)20-13-3-2-6-26-17(13)4-7-27-20/h2-4,6-7,9-10H,5,8,11H2,1H3. The Hall–Kier alpha value is -3.75. The highest BCUT2D eigenvalue weighted by Crippen LogP contribution is 2.32. The van der Waals surface area contributed by atoms with Crippen molar-refractivity contribution in [3.63, 3.8) is 0 Å². The molecule has 5 rings (SSSR count). The third-order valence-corrected chi connectivity index (χ3v) is 5.48. The van der Waals surface area contributed by atoms with Crippen molar-refractivity contribution in [2.45, 2.75) is 13.0 Å². The van der Waals surface area contributed by atoms with Crippen LogP contribution in [0.2, 0.25) is 0 Å². The highest BCUT2D eigenvalue weighted by molar-refractivity contribution is 6.04. The molecule has 6 nitrogen and oxygen atoms in total. The van der Waals surface area contributed by atoms with Crippen LogP contribution in [-0.4, -0.2) is 37.1 Å². The van der Waals surface area contributed by atoms with Crippen molar-refractivity contribution in [1.29, 1.82) is 0 Å². The second kappa shape index (κ2) is 7.19. The van der Waals surface area contributed by atoms with E-state index in [0.717, 1.165) is 17.7 Å². The van der Waals surface area contributed by atoms with Gasteiger partial charge in [-0.1, -0.05) is 0 Å². The zero-order chi connectivity index (χ0) is 21.7. The minimum absolute atomic E-state index is 0.203. The molecule has 0 fully saturated rings. The zero-order valence-corrected chi connectivity index (χ0v) is 16.4. The third-order valence-electron chi connectivity index (χ3n) is 5.48. The molecule has 0 unspecified atom stereocenters. The van der Waals surface area contributed by atoms with Crippen molar-refractivity contribution in [3.8, 4) is 11.3 Å². The van der Waals surface area contributed by atoms with Gasteiger partial charge in [0.25, 0.3) is 5.91 Å². The van der Waals surface area contributed by atoms with Crippen LogP contribution in [0.3, 0.4) is 0 Å². The number of hydrogen-bond acceptors (Lipinski definition) is 4. The first-order valence-corrected chi connectivity index (χ1v) is 9.62. The number of pyridine rings is 2. The Balaban J connectivity index is 1.50. The van der Waals surface area contributed by atoms with E-state index in [4.69, 9.17) is 0 Å². The van der Waals surface area contributed by atoms with Gasteiger partial charge in [-0.25, -0.2) is 13.2 Å². The van der Waals surface area contributed by atoms with Crippen molar-refractivity contribution in [2.24, 2.45) is 7.05 Å². The van der Waals surface area contributed by atoms with E-state index in [0.29, 0.717) is 41.0 Å². The molecule has 0 saturated carbocycles. The number of carbonyl (C=O) groups excluding carboxylic acids is 1. The normalized spacial score (nSPS) is 13.5. The highest BCUT2D eigenvalue weighted by atomic mass is 19.2. The number of halogens is 3. The number of aromatic nitrogens is 4. The van der Waals surface area contributed by atoms with Gasteiger partial charge in [0, 0.05) is 42.5 Å². The van der Waals surface area contributed by atoms with Gasteiger partial charge in [-0.05, 0) is 36.8 Å². The second-order valence-corrected chi connectivity index (χ2v) is 7.36. The van der Waals surface area contributed by atoms with Gasteiger partial charge in [-0.3, -0.25) is 19.4 Å². The van der Waals surface area contributed by atoms with E-state index in [-0.39, 0.29) is 18.0 Å². The van der Waals surface area contributed by atoms with Crippen molar-refractivity contribution < 1.29 is 18.0 Å². The van der Waals surface area contributed by atoms with Crippen LogP contribution in [0.4, 0.5) is 13.2 Å². The summed E-state index contributed by atoms with van der Waals surface area (Å²) in [6.45, 7) is 0.613. The molecule has 31 heavy (non-hydrogen) atoms. The van der Waals surface area contributed by atoms with Gasteiger partial charge in [-0.15, -0.1) is 0 Å². The quantitative estimate of drug-likeness (QED) is 0.462. The first-order chi connectivity index (χ1) is 14.9. The smallest absolute Gasteiger partial charge is 0.273 e. The number of rotatable bonds is 2. The van der Waals surface area contributed by atoms with Crippen LogP contribution < -0.4 is 0 Å². The maximum Gasteiger partial charge on any atom is 0.273 e. The fraction of sp³-hybridized carbons (Fsp3) is 0.182. The Bertz CT molecular complexity index is 1320. The monoisotopic (exact) mass is 423 g/mol. The van der Waals surface area contributed by atoms with Crippen LogP contribution in [0.5, 0.6) is 0 Å². The van der Waals surface area contributed by atoms with Gasteiger partial charge in [0.1, 0.15) is 5.69 Å². The lowest BCUT2D eigenvalue weighted by atomic mass is 9.99. The van der Waals surface area contributed by atoms with E-state index < -0.39 is 17.5 Å². The van der Waals surface area contributed by atoms with Gasteiger partial charge in [0.2, 0.25) is 0 Å². The number of benzene rings is 1. The topological polar surface area (TPSA) is 63.9 Å². The van der Waals surface area contributed by atoms with Crippen molar-refractivity contribution >= 4 is 16.8 Å². The molecule has 1 amide bonds. The fourth-order valence-electron chi connectivity index (χ4n) is 4.07. The summed E-state index contributed by atoms with van der Waals surface area (Å²) < 4.78 is 42.4. The van der Waals surface area contributed by atoms with Crippen LogP contribution in [0.15, 0.2) is 42.7 Å². The summed E-state index contributed by atoms with van der Waals surface area (Å²) in [6.07, 6.45) is 3.64. The molecule has 3 aromatic heterocycles. The second-order valence-electron chi connectivity index (χ2n) is 7.36. The minimum atomic E-state index is -1.51. The Kier molecular flexibility index (Phi) is 4.46. The molecule has 1 aromatic carbocycles. The SMILES string of the molecule is Cn1nc2c(c1-c1cc(F)c(F)c(F)c1)CCN(C(=O)c1nccc3ncccc13)C2. The summed E-state index contributed by atoms with van der Waals surface area (Å²) in [5.74, 6) is -4.26. The van der Waals surface area contributed by atoms with E-state index in [2.05, 4.69) is 15.1 Å². The minimum Gasteiger partial charge on any atom is -0.331 e. The van der Waals surface area contributed by atoms with E-state index in [1.807, 2.05) is 0 Å². The molecule has 9 heteroatoms. The number of fused-ring (bicyclic) bond motifs is 2. The maximum absolute atomic E-state index is 13.8. The summed E-state index contributed by atoms with van der Waals surface area (Å²) in [7, 11) is 1.65. The first-order valence-electron chi connectivity index (χ1n) is 9.62. The number of amides is 1. The van der Waals surface area contributed by atoms with Gasteiger partial charge in [0.05, 0.1) is 23.4 Å². The fourth-order valence-corrected chi connectivity index (χ4v) is 4.07. The van der Waals surface area contributed by atoms with E-state index >= 15 is 0 Å². The zero-order valence-electron chi connectivity index (χ0n) is 16.4. The molecule has 1 aliphatic rings. The van der Waals surface area contributed by atoms with Gasteiger partial charge >= 0.3 is 0 Å². The molecule has 4 heterocycles. The average molecular weight is 423 g/mol. The van der Waals surface area contributed by atoms with Crippen LogP contribution in [0.25, 0.3) is 22.2 Å². The summed E-state index contributed by atoms with van der Waals surface area (Å²) >= 11 is 0. The number of carbonyl (C=O) groups is 1. The number of nitrogens with zero attached hydrogens (tertiary/aromatic N) is 5. The molecule has 0 saturated heterocycles. The van der Waals surface area contributed by atoms with Crippen LogP contribution >= 0.6 is 0 Å². The first kappa shape index (κ1) is 19.2. The third kappa shape index (κ3) is 3.13. The largest absolute Gasteiger partial charge is 0.331 e. The Morgan fingerprint density at radius 3 is 2.61 bits per heavy atom. The predicted molar refractivity (Wildman–Crippen MR) is 107 cm³/mol. The maximum atomic E-state index is 13.8. The lowest BCUT2D eigenvalue weighted by Crippen LogP contribution is -2.36. The molecule has 0 spiro atoms. The number of aryl methyl sites for hydroxylation is 1. The molecule has 1 aliphatic heterocycles. The summed E-state index contributed by atoms with van der Waals surface area (Å²) in [4.78, 5) is 23.3. The number of hydrogen-bond donors (Lipinski definition) is 0. The Morgan fingerprint density at radius 1 is 1.06 bits per heavy atom. The van der Waals surface area contributed by atoms with Crippen molar-refractivity contribution in [1.82, 2.24) is 24.6 Å². The van der Waals surface area contributed by atoms with Crippen LogP contribution in [-0.2, 0) is 20.0 Å². The molecule has 0 atom stereocenters.